The Hall–Kier alpha value is -2.16. The molecule has 4 heterocycles. The van der Waals surface area contributed by atoms with Gasteiger partial charge in [-0.15, -0.1) is 11.3 Å². The molecule has 0 radical (unpaired) electrons. The molecule has 1 saturated heterocycles. The van der Waals surface area contributed by atoms with Crippen molar-refractivity contribution in [1.82, 2.24) is 19.9 Å². The van der Waals surface area contributed by atoms with Crippen LogP contribution in [0, 0.1) is 6.92 Å². The summed E-state index contributed by atoms with van der Waals surface area (Å²) in [6, 6.07) is 8.17. The maximum atomic E-state index is 5.46. The number of anilines is 1. The molecular weight excluding hydrogens is 354 g/mol. The number of aromatic nitrogens is 4. The van der Waals surface area contributed by atoms with E-state index in [0.717, 1.165) is 63.8 Å². The fourth-order valence-corrected chi connectivity index (χ4v) is 4.93. The standard InChI is InChI=1S/C17H15N5OS2/c1-10-18-14(22-6-8-23-9-7-22)13-15(19-10)25-17(21-13)16-20-11-4-2-3-5-12(11)24-16/h2-5H,6-9H2,1H3. The summed E-state index contributed by atoms with van der Waals surface area (Å²) in [5.74, 6) is 1.68. The number of hydrogen-bond donors (Lipinski definition) is 0. The predicted octanol–water partition coefficient (Wildman–Crippen LogP) is 3.51. The summed E-state index contributed by atoms with van der Waals surface area (Å²) >= 11 is 3.25. The number of rotatable bonds is 2. The second-order valence-electron chi connectivity index (χ2n) is 5.85. The molecule has 1 aromatic carbocycles. The van der Waals surface area contributed by atoms with Gasteiger partial charge >= 0.3 is 0 Å². The van der Waals surface area contributed by atoms with E-state index in [-0.39, 0.29) is 0 Å². The molecule has 5 rings (SSSR count). The molecule has 0 saturated carbocycles. The molecule has 126 valence electrons. The van der Waals surface area contributed by atoms with Gasteiger partial charge in [-0.05, 0) is 19.1 Å². The number of fused-ring (bicyclic) bond motifs is 2. The molecule has 0 amide bonds. The van der Waals surface area contributed by atoms with Crippen LogP contribution in [0.1, 0.15) is 5.82 Å². The van der Waals surface area contributed by atoms with Crippen LogP contribution in [0.25, 0.3) is 30.6 Å². The van der Waals surface area contributed by atoms with Crippen LogP contribution in [0.4, 0.5) is 5.82 Å². The van der Waals surface area contributed by atoms with E-state index >= 15 is 0 Å². The Kier molecular flexibility index (Phi) is 3.61. The summed E-state index contributed by atoms with van der Waals surface area (Å²) in [7, 11) is 0. The Morgan fingerprint density at radius 3 is 2.60 bits per heavy atom. The predicted molar refractivity (Wildman–Crippen MR) is 102 cm³/mol. The van der Waals surface area contributed by atoms with Gasteiger partial charge in [-0.25, -0.2) is 19.9 Å². The zero-order valence-corrected chi connectivity index (χ0v) is 15.2. The maximum Gasteiger partial charge on any atom is 0.160 e. The lowest BCUT2D eigenvalue weighted by Gasteiger charge is -2.27. The molecule has 1 fully saturated rings. The van der Waals surface area contributed by atoms with Crippen LogP contribution in [0.3, 0.4) is 0 Å². The highest BCUT2D eigenvalue weighted by molar-refractivity contribution is 7.27. The van der Waals surface area contributed by atoms with Crippen molar-refractivity contribution < 1.29 is 4.74 Å². The van der Waals surface area contributed by atoms with Crippen LogP contribution in [-0.2, 0) is 4.74 Å². The van der Waals surface area contributed by atoms with Crippen LogP contribution in [-0.4, -0.2) is 46.2 Å². The molecule has 1 aliphatic heterocycles. The zero-order chi connectivity index (χ0) is 16.8. The number of para-hydroxylation sites is 1. The molecule has 25 heavy (non-hydrogen) atoms. The molecule has 0 aliphatic carbocycles. The fraction of sp³-hybridized carbons (Fsp3) is 0.294. The van der Waals surface area contributed by atoms with Crippen LogP contribution in [0.2, 0.25) is 0 Å². The Morgan fingerprint density at radius 2 is 1.76 bits per heavy atom. The smallest absolute Gasteiger partial charge is 0.160 e. The van der Waals surface area contributed by atoms with Crippen molar-refractivity contribution in [3.05, 3.63) is 30.1 Å². The first kappa shape index (κ1) is 15.1. The zero-order valence-electron chi connectivity index (χ0n) is 13.6. The van der Waals surface area contributed by atoms with Crippen molar-refractivity contribution in [3.8, 4) is 10.0 Å². The molecule has 6 nitrogen and oxygen atoms in total. The van der Waals surface area contributed by atoms with Gasteiger partial charge in [0, 0.05) is 13.1 Å². The van der Waals surface area contributed by atoms with Crippen molar-refractivity contribution in [3.63, 3.8) is 0 Å². The van der Waals surface area contributed by atoms with Crippen LogP contribution in [0.15, 0.2) is 24.3 Å². The first-order chi connectivity index (χ1) is 12.3. The van der Waals surface area contributed by atoms with E-state index < -0.39 is 0 Å². The second-order valence-corrected chi connectivity index (χ2v) is 7.86. The van der Waals surface area contributed by atoms with E-state index in [4.69, 9.17) is 14.7 Å². The highest BCUT2D eigenvalue weighted by Crippen LogP contribution is 2.36. The lowest BCUT2D eigenvalue weighted by molar-refractivity contribution is 0.122. The summed E-state index contributed by atoms with van der Waals surface area (Å²) in [6.07, 6.45) is 0. The largest absolute Gasteiger partial charge is 0.378 e. The summed E-state index contributed by atoms with van der Waals surface area (Å²) in [5.41, 5.74) is 1.88. The summed E-state index contributed by atoms with van der Waals surface area (Å²) < 4.78 is 6.63. The maximum absolute atomic E-state index is 5.46. The van der Waals surface area contributed by atoms with Crippen LogP contribution in [0.5, 0.6) is 0 Å². The van der Waals surface area contributed by atoms with Gasteiger partial charge in [0.25, 0.3) is 0 Å². The van der Waals surface area contributed by atoms with E-state index in [1.807, 2.05) is 25.1 Å². The van der Waals surface area contributed by atoms with Crippen molar-refractivity contribution in [1.29, 1.82) is 0 Å². The molecule has 0 unspecified atom stereocenters. The van der Waals surface area contributed by atoms with E-state index in [2.05, 4.69) is 20.9 Å². The third-order valence-electron chi connectivity index (χ3n) is 4.14. The average Bonchev–Trinajstić information content (AvgIpc) is 3.25. The number of benzene rings is 1. The first-order valence-electron chi connectivity index (χ1n) is 8.12. The van der Waals surface area contributed by atoms with E-state index in [1.54, 1.807) is 22.7 Å². The fourth-order valence-electron chi connectivity index (χ4n) is 2.96. The van der Waals surface area contributed by atoms with Gasteiger partial charge in [0.1, 0.15) is 16.2 Å². The van der Waals surface area contributed by atoms with Gasteiger partial charge in [0.05, 0.1) is 23.4 Å². The number of hydrogen-bond acceptors (Lipinski definition) is 8. The molecule has 1 aliphatic rings. The molecule has 3 aromatic heterocycles. The number of thiazole rings is 2. The molecule has 0 atom stereocenters. The number of morpholine rings is 1. The lowest BCUT2D eigenvalue weighted by Crippen LogP contribution is -2.37. The van der Waals surface area contributed by atoms with Crippen molar-refractivity contribution in [2.24, 2.45) is 0 Å². The Morgan fingerprint density at radius 1 is 0.960 bits per heavy atom. The topological polar surface area (TPSA) is 64.0 Å². The molecule has 0 spiro atoms. The van der Waals surface area contributed by atoms with Gasteiger partial charge in [0.2, 0.25) is 0 Å². The summed E-state index contributed by atoms with van der Waals surface area (Å²) in [6.45, 7) is 5.04. The molecule has 0 N–H and O–H groups in total. The van der Waals surface area contributed by atoms with Crippen molar-refractivity contribution in [2.75, 3.05) is 31.2 Å². The van der Waals surface area contributed by atoms with Gasteiger partial charge in [-0.3, -0.25) is 0 Å². The highest BCUT2D eigenvalue weighted by atomic mass is 32.1. The van der Waals surface area contributed by atoms with Gasteiger partial charge < -0.3 is 9.64 Å². The second kappa shape index (κ2) is 5.98. The lowest BCUT2D eigenvalue weighted by atomic mass is 10.3. The highest BCUT2D eigenvalue weighted by Gasteiger charge is 2.21. The Balaban J connectivity index is 1.65. The molecular formula is C17H15N5OS2. The third-order valence-corrected chi connectivity index (χ3v) is 6.27. The number of ether oxygens (including phenoxy) is 1. The van der Waals surface area contributed by atoms with Crippen molar-refractivity contribution >= 4 is 49.1 Å². The molecule has 0 bridgehead atoms. The van der Waals surface area contributed by atoms with Gasteiger partial charge in [0.15, 0.2) is 15.8 Å². The molecule has 8 heteroatoms. The quantitative estimate of drug-likeness (QED) is 0.539. The monoisotopic (exact) mass is 369 g/mol. The Labute approximate surface area is 152 Å². The summed E-state index contributed by atoms with van der Waals surface area (Å²) in [5, 5.41) is 1.85. The Bertz CT molecular complexity index is 1030. The minimum Gasteiger partial charge on any atom is -0.378 e. The van der Waals surface area contributed by atoms with Crippen molar-refractivity contribution in [2.45, 2.75) is 6.92 Å². The van der Waals surface area contributed by atoms with E-state index in [0.29, 0.717) is 0 Å². The molecule has 4 aromatic rings. The van der Waals surface area contributed by atoms with Crippen LogP contribution < -0.4 is 4.90 Å². The minimum atomic E-state index is 0.722. The SMILES string of the molecule is Cc1nc(N2CCOCC2)c2nc(-c3nc4ccccc4s3)sc2n1. The van der Waals surface area contributed by atoms with Gasteiger partial charge in [-0.1, -0.05) is 23.5 Å². The van der Waals surface area contributed by atoms with Crippen LogP contribution >= 0.6 is 22.7 Å². The number of nitrogens with zero attached hydrogens (tertiary/aromatic N) is 5. The third kappa shape index (κ3) is 2.66. The average molecular weight is 369 g/mol. The van der Waals surface area contributed by atoms with E-state index in [9.17, 15) is 0 Å². The summed E-state index contributed by atoms with van der Waals surface area (Å²) in [4.78, 5) is 22.0. The normalized spacial score (nSPS) is 15.3. The first-order valence-corrected chi connectivity index (χ1v) is 9.75. The van der Waals surface area contributed by atoms with Gasteiger partial charge in [-0.2, -0.15) is 0 Å². The number of aryl methyl sites for hydroxylation is 1. The van der Waals surface area contributed by atoms with E-state index in [1.165, 1.54) is 4.70 Å². The minimum absolute atomic E-state index is 0.722.